The van der Waals surface area contributed by atoms with E-state index in [2.05, 4.69) is 10.3 Å². The molecule has 0 aliphatic heterocycles. The number of nitrogens with two attached hydrogens (primary N) is 1. The molecule has 23 heavy (non-hydrogen) atoms. The number of thiazole rings is 1. The van der Waals surface area contributed by atoms with E-state index in [9.17, 15) is 13.2 Å². The molecular formula is C14H11N3O3S3. The summed E-state index contributed by atoms with van der Waals surface area (Å²) >= 11 is 2.96. The minimum absolute atomic E-state index is 0.0103. The van der Waals surface area contributed by atoms with Gasteiger partial charge in [0, 0.05) is 22.0 Å². The molecule has 3 N–H and O–H groups in total. The standard InChI is InChI=1S/C14H11N3O3S3/c15-23(19,20)11-3-1-10(2-4-11)16-13(18)12-8-22-14(17-12)9-5-6-21-7-9/h1-8H,(H,16,18)(H2,15,19,20). The van der Waals surface area contributed by atoms with Gasteiger partial charge >= 0.3 is 0 Å². The number of nitrogens with zero attached hydrogens (tertiary/aromatic N) is 1. The van der Waals surface area contributed by atoms with Crippen LogP contribution in [0.1, 0.15) is 10.5 Å². The maximum Gasteiger partial charge on any atom is 0.275 e. The number of hydrogen-bond donors (Lipinski definition) is 2. The van der Waals surface area contributed by atoms with Crippen LogP contribution >= 0.6 is 22.7 Å². The van der Waals surface area contributed by atoms with Crippen molar-refractivity contribution < 1.29 is 13.2 Å². The lowest BCUT2D eigenvalue weighted by molar-refractivity contribution is 0.102. The van der Waals surface area contributed by atoms with Crippen molar-refractivity contribution in [3.8, 4) is 10.6 Å². The van der Waals surface area contributed by atoms with Gasteiger partial charge in [-0.3, -0.25) is 4.79 Å². The Morgan fingerprint density at radius 1 is 1.13 bits per heavy atom. The maximum atomic E-state index is 12.2. The largest absolute Gasteiger partial charge is 0.321 e. The first-order chi connectivity index (χ1) is 10.9. The van der Waals surface area contributed by atoms with E-state index in [1.54, 1.807) is 16.7 Å². The van der Waals surface area contributed by atoms with Crippen LogP contribution in [0, 0.1) is 0 Å². The third kappa shape index (κ3) is 3.64. The number of amides is 1. The zero-order chi connectivity index (χ0) is 16.4. The van der Waals surface area contributed by atoms with E-state index in [0.717, 1.165) is 10.6 Å². The molecule has 9 heteroatoms. The van der Waals surface area contributed by atoms with Crippen molar-refractivity contribution >= 4 is 44.3 Å². The minimum atomic E-state index is -3.74. The molecule has 0 aliphatic rings. The first-order valence-electron chi connectivity index (χ1n) is 6.36. The highest BCUT2D eigenvalue weighted by atomic mass is 32.2. The summed E-state index contributed by atoms with van der Waals surface area (Å²) in [7, 11) is -3.74. The molecule has 6 nitrogen and oxygen atoms in total. The van der Waals surface area contributed by atoms with Crippen LogP contribution in [0.2, 0.25) is 0 Å². The molecule has 0 spiro atoms. The van der Waals surface area contributed by atoms with E-state index in [1.165, 1.54) is 35.6 Å². The summed E-state index contributed by atoms with van der Waals surface area (Å²) in [4.78, 5) is 16.5. The SMILES string of the molecule is NS(=O)(=O)c1ccc(NC(=O)c2csc(-c3ccsc3)n2)cc1. The number of hydrogen-bond acceptors (Lipinski definition) is 6. The molecule has 3 aromatic rings. The summed E-state index contributed by atoms with van der Waals surface area (Å²) in [5.41, 5.74) is 1.76. The molecule has 0 atom stereocenters. The van der Waals surface area contributed by atoms with Crippen LogP contribution in [0.15, 0.2) is 51.4 Å². The molecule has 2 aromatic heterocycles. The Balaban J connectivity index is 1.74. The number of primary sulfonamides is 1. The predicted molar refractivity (Wildman–Crippen MR) is 91.2 cm³/mol. The summed E-state index contributed by atoms with van der Waals surface area (Å²) in [5, 5.41) is 14.1. The molecule has 118 valence electrons. The van der Waals surface area contributed by atoms with Crippen molar-refractivity contribution in [3.05, 3.63) is 52.2 Å². The smallest absolute Gasteiger partial charge is 0.275 e. The Morgan fingerprint density at radius 3 is 2.48 bits per heavy atom. The lowest BCUT2D eigenvalue weighted by Gasteiger charge is -2.04. The maximum absolute atomic E-state index is 12.2. The van der Waals surface area contributed by atoms with Gasteiger partial charge in [0.05, 0.1) is 4.90 Å². The van der Waals surface area contributed by atoms with Crippen molar-refractivity contribution in [3.63, 3.8) is 0 Å². The van der Waals surface area contributed by atoms with Gasteiger partial charge in [-0.25, -0.2) is 18.5 Å². The summed E-state index contributed by atoms with van der Waals surface area (Å²) < 4.78 is 22.4. The number of anilines is 1. The number of carbonyl (C=O) groups is 1. The van der Waals surface area contributed by atoms with Crippen molar-refractivity contribution in [1.82, 2.24) is 4.98 Å². The monoisotopic (exact) mass is 365 g/mol. The zero-order valence-corrected chi connectivity index (χ0v) is 14.0. The van der Waals surface area contributed by atoms with E-state index in [4.69, 9.17) is 5.14 Å². The van der Waals surface area contributed by atoms with Crippen LogP contribution in [0.5, 0.6) is 0 Å². The highest BCUT2D eigenvalue weighted by Gasteiger charge is 2.13. The van der Waals surface area contributed by atoms with Gasteiger partial charge in [0.1, 0.15) is 10.7 Å². The number of carbonyl (C=O) groups excluding carboxylic acids is 1. The van der Waals surface area contributed by atoms with Gasteiger partial charge in [-0.15, -0.1) is 11.3 Å². The Labute approximate surface area is 140 Å². The van der Waals surface area contributed by atoms with E-state index >= 15 is 0 Å². The second kappa shape index (κ2) is 6.20. The summed E-state index contributed by atoms with van der Waals surface area (Å²) in [6, 6.07) is 7.57. The van der Waals surface area contributed by atoms with Crippen molar-refractivity contribution in [1.29, 1.82) is 0 Å². The van der Waals surface area contributed by atoms with Gasteiger partial charge in [-0.2, -0.15) is 11.3 Å². The lowest BCUT2D eigenvalue weighted by Crippen LogP contribution is -2.14. The second-order valence-electron chi connectivity index (χ2n) is 4.57. The topological polar surface area (TPSA) is 102 Å². The first-order valence-corrected chi connectivity index (χ1v) is 9.73. The van der Waals surface area contributed by atoms with Crippen LogP contribution in [0.4, 0.5) is 5.69 Å². The molecule has 0 aliphatic carbocycles. The predicted octanol–water partition coefficient (Wildman–Crippen LogP) is 2.77. The fraction of sp³-hybridized carbons (Fsp3) is 0. The van der Waals surface area contributed by atoms with Crippen LogP contribution in [-0.4, -0.2) is 19.3 Å². The third-order valence-electron chi connectivity index (χ3n) is 2.95. The molecule has 1 amide bonds. The summed E-state index contributed by atoms with van der Waals surface area (Å²) in [6.45, 7) is 0. The van der Waals surface area contributed by atoms with Crippen LogP contribution in [0.25, 0.3) is 10.6 Å². The minimum Gasteiger partial charge on any atom is -0.321 e. The van der Waals surface area contributed by atoms with Crippen molar-refractivity contribution in [2.24, 2.45) is 5.14 Å². The van der Waals surface area contributed by atoms with E-state index in [0.29, 0.717) is 11.4 Å². The number of aromatic nitrogens is 1. The molecule has 2 heterocycles. The van der Waals surface area contributed by atoms with Gasteiger partial charge in [0.2, 0.25) is 10.0 Å². The molecule has 0 saturated carbocycles. The molecule has 0 radical (unpaired) electrons. The highest BCUT2D eigenvalue weighted by molar-refractivity contribution is 7.89. The number of thiophene rings is 1. The molecule has 0 saturated heterocycles. The Kier molecular flexibility index (Phi) is 4.26. The van der Waals surface area contributed by atoms with Crippen LogP contribution in [-0.2, 0) is 10.0 Å². The fourth-order valence-electron chi connectivity index (χ4n) is 1.82. The van der Waals surface area contributed by atoms with Crippen molar-refractivity contribution in [2.75, 3.05) is 5.32 Å². The zero-order valence-electron chi connectivity index (χ0n) is 11.6. The van der Waals surface area contributed by atoms with Gasteiger partial charge in [-0.1, -0.05) is 0 Å². The summed E-state index contributed by atoms with van der Waals surface area (Å²) in [6.07, 6.45) is 0. The number of nitrogens with one attached hydrogen (secondary N) is 1. The van der Waals surface area contributed by atoms with Gasteiger partial charge in [0.15, 0.2) is 0 Å². The number of sulfonamides is 1. The molecule has 0 fully saturated rings. The van der Waals surface area contributed by atoms with Gasteiger partial charge < -0.3 is 5.32 Å². The molecule has 0 bridgehead atoms. The van der Waals surface area contributed by atoms with Crippen LogP contribution < -0.4 is 10.5 Å². The average molecular weight is 365 g/mol. The normalized spacial score (nSPS) is 11.3. The molecule has 1 aromatic carbocycles. The van der Waals surface area contributed by atoms with E-state index < -0.39 is 10.0 Å². The highest BCUT2D eigenvalue weighted by Crippen LogP contribution is 2.26. The molecular weight excluding hydrogens is 354 g/mol. The average Bonchev–Trinajstić information content (AvgIpc) is 3.18. The fourth-order valence-corrected chi connectivity index (χ4v) is 3.85. The lowest BCUT2D eigenvalue weighted by atomic mass is 10.3. The van der Waals surface area contributed by atoms with Crippen LogP contribution in [0.3, 0.4) is 0 Å². The third-order valence-corrected chi connectivity index (χ3v) is 5.45. The summed E-state index contributed by atoms with van der Waals surface area (Å²) in [5.74, 6) is -0.355. The molecule has 3 rings (SSSR count). The van der Waals surface area contributed by atoms with E-state index in [1.807, 2.05) is 16.8 Å². The quantitative estimate of drug-likeness (QED) is 0.742. The number of rotatable bonds is 4. The van der Waals surface area contributed by atoms with Gasteiger partial charge in [-0.05, 0) is 35.7 Å². The Morgan fingerprint density at radius 2 is 1.87 bits per heavy atom. The van der Waals surface area contributed by atoms with Crippen molar-refractivity contribution in [2.45, 2.75) is 4.90 Å². The van der Waals surface area contributed by atoms with Gasteiger partial charge in [0.25, 0.3) is 5.91 Å². The Bertz CT molecular complexity index is 929. The van der Waals surface area contributed by atoms with E-state index in [-0.39, 0.29) is 10.8 Å². The second-order valence-corrected chi connectivity index (χ2v) is 7.77. The molecule has 0 unspecified atom stereocenters. The Hall–Kier alpha value is -2.07. The first kappa shape index (κ1) is 15.8. The number of benzene rings is 1.